The van der Waals surface area contributed by atoms with Crippen molar-refractivity contribution in [2.75, 3.05) is 19.0 Å². The number of methoxy groups -OCH3 is 1. The van der Waals surface area contributed by atoms with Gasteiger partial charge < -0.3 is 19.0 Å². The fraction of sp³-hybridized carbons (Fsp3) is 0.154. The van der Waals surface area contributed by atoms with Gasteiger partial charge in [0.05, 0.1) is 13.7 Å². The van der Waals surface area contributed by atoms with Crippen LogP contribution in [0.5, 0.6) is 17.2 Å². The highest BCUT2D eigenvalue weighted by molar-refractivity contribution is 7.87. The lowest BCUT2D eigenvalue weighted by atomic mass is 10.1. The molecule has 3 rings (SSSR count). The summed E-state index contributed by atoms with van der Waals surface area (Å²) in [6.07, 6.45) is 1.37. The summed E-state index contributed by atoms with van der Waals surface area (Å²) < 4.78 is 41.4. The smallest absolute Gasteiger partial charge is 0.339 e. The Morgan fingerprint density at radius 2 is 1.80 bits per heavy atom. The number of ether oxygens (including phenoxy) is 2. The average molecular weight is 493 g/mol. The van der Waals surface area contributed by atoms with Gasteiger partial charge in [-0.1, -0.05) is 29.8 Å². The molecular formula is C26H24N2O6S. The van der Waals surface area contributed by atoms with E-state index in [0.29, 0.717) is 17.0 Å². The number of nitrogens with zero attached hydrogens (tertiary/aromatic N) is 1. The first-order valence-electron chi connectivity index (χ1n) is 10.6. The van der Waals surface area contributed by atoms with Crippen molar-refractivity contribution in [1.29, 1.82) is 5.26 Å². The standard InChI is InChI=1S/C26H24N2O6S/c1-4-33-25-15-19(10-13-24(25)34-35(30,31)23-11-8-18(2)9-12-23)14-20(17-27)26(29)28-21-6-5-7-22(16-21)32-3/h5-16H,4H2,1-3H3,(H,28,29)/b20-14+. The molecule has 0 radical (unpaired) electrons. The van der Waals surface area contributed by atoms with E-state index in [1.807, 2.05) is 13.0 Å². The maximum atomic E-state index is 12.7. The Balaban J connectivity index is 1.86. The number of benzene rings is 3. The molecule has 0 aliphatic rings. The number of aryl methyl sites for hydroxylation is 1. The molecule has 1 N–H and O–H groups in total. The molecule has 0 fully saturated rings. The van der Waals surface area contributed by atoms with Crippen LogP contribution in [-0.2, 0) is 14.9 Å². The third kappa shape index (κ3) is 6.62. The van der Waals surface area contributed by atoms with Crippen LogP contribution in [0, 0.1) is 18.3 Å². The molecule has 0 saturated heterocycles. The zero-order chi connectivity index (χ0) is 25.4. The predicted molar refractivity (Wildman–Crippen MR) is 132 cm³/mol. The van der Waals surface area contributed by atoms with Crippen molar-refractivity contribution in [3.8, 4) is 23.3 Å². The number of hydrogen-bond donors (Lipinski definition) is 1. The van der Waals surface area contributed by atoms with Crippen LogP contribution in [0.1, 0.15) is 18.1 Å². The summed E-state index contributed by atoms with van der Waals surface area (Å²) in [5.41, 5.74) is 1.68. The topological polar surface area (TPSA) is 115 Å². The van der Waals surface area contributed by atoms with Crippen molar-refractivity contribution in [3.05, 3.63) is 83.4 Å². The monoisotopic (exact) mass is 492 g/mol. The van der Waals surface area contributed by atoms with Gasteiger partial charge in [0.15, 0.2) is 11.5 Å². The zero-order valence-electron chi connectivity index (χ0n) is 19.4. The van der Waals surface area contributed by atoms with Crippen LogP contribution in [0.2, 0.25) is 0 Å². The number of hydrogen-bond acceptors (Lipinski definition) is 7. The number of amides is 1. The Bertz CT molecular complexity index is 1390. The number of nitriles is 1. The number of carbonyl (C=O) groups excluding carboxylic acids is 1. The van der Waals surface area contributed by atoms with Crippen LogP contribution in [0.4, 0.5) is 5.69 Å². The highest BCUT2D eigenvalue weighted by Crippen LogP contribution is 2.32. The summed E-state index contributed by atoms with van der Waals surface area (Å²) in [5, 5.41) is 12.2. The first-order chi connectivity index (χ1) is 16.7. The second-order valence-corrected chi connectivity index (χ2v) is 8.89. The third-order valence-electron chi connectivity index (χ3n) is 4.78. The minimum absolute atomic E-state index is 0.00972. The average Bonchev–Trinajstić information content (AvgIpc) is 2.84. The number of rotatable bonds is 9. The zero-order valence-corrected chi connectivity index (χ0v) is 20.3. The lowest BCUT2D eigenvalue weighted by Gasteiger charge is -2.13. The van der Waals surface area contributed by atoms with E-state index in [4.69, 9.17) is 13.7 Å². The lowest BCUT2D eigenvalue weighted by Crippen LogP contribution is -2.13. The minimum Gasteiger partial charge on any atom is -0.497 e. The lowest BCUT2D eigenvalue weighted by molar-refractivity contribution is -0.112. The molecule has 9 heteroatoms. The quantitative estimate of drug-likeness (QED) is 0.261. The molecule has 0 aliphatic carbocycles. The Morgan fingerprint density at radius 3 is 2.46 bits per heavy atom. The first-order valence-corrected chi connectivity index (χ1v) is 12.0. The van der Waals surface area contributed by atoms with E-state index in [-0.39, 0.29) is 28.6 Å². The number of carbonyl (C=O) groups is 1. The SMILES string of the molecule is CCOc1cc(/C=C(\C#N)C(=O)Nc2cccc(OC)c2)ccc1OS(=O)(=O)c1ccc(C)cc1. The normalized spacial score (nSPS) is 11.3. The molecule has 3 aromatic rings. The largest absolute Gasteiger partial charge is 0.497 e. The van der Waals surface area contributed by atoms with Gasteiger partial charge in [-0.3, -0.25) is 4.79 Å². The summed E-state index contributed by atoms with van der Waals surface area (Å²) in [6, 6.07) is 19.3. The summed E-state index contributed by atoms with van der Waals surface area (Å²) >= 11 is 0. The third-order valence-corrected chi connectivity index (χ3v) is 6.03. The van der Waals surface area contributed by atoms with Gasteiger partial charge in [0.25, 0.3) is 5.91 Å². The molecule has 0 saturated carbocycles. The van der Waals surface area contributed by atoms with E-state index in [1.165, 1.54) is 43.5 Å². The number of anilines is 1. The molecule has 1 amide bonds. The van der Waals surface area contributed by atoms with Crippen molar-refractivity contribution in [2.45, 2.75) is 18.7 Å². The van der Waals surface area contributed by atoms with Crippen LogP contribution in [0.25, 0.3) is 6.08 Å². The molecule has 0 heterocycles. The molecule has 0 spiro atoms. The maximum Gasteiger partial charge on any atom is 0.339 e. The summed E-state index contributed by atoms with van der Waals surface area (Å²) in [4.78, 5) is 12.6. The fourth-order valence-corrected chi connectivity index (χ4v) is 3.98. The van der Waals surface area contributed by atoms with E-state index in [0.717, 1.165) is 5.56 Å². The van der Waals surface area contributed by atoms with E-state index in [2.05, 4.69) is 5.32 Å². The molecular weight excluding hydrogens is 468 g/mol. The molecule has 180 valence electrons. The summed E-state index contributed by atoms with van der Waals surface area (Å²) in [5.74, 6) is 0.0927. The van der Waals surface area contributed by atoms with Gasteiger partial charge in [-0.15, -0.1) is 0 Å². The van der Waals surface area contributed by atoms with Crippen LogP contribution in [0.15, 0.2) is 77.2 Å². The fourth-order valence-electron chi connectivity index (χ4n) is 3.04. The Kier molecular flexibility index (Phi) is 8.12. The maximum absolute atomic E-state index is 12.7. The van der Waals surface area contributed by atoms with E-state index < -0.39 is 16.0 Å². The molecule has 0 bridgehead atoms. The summed E-state index contributed by atoms with van der Waals surface area (Å²) in [7, 11) is -2.58. The Hall–Kier alpha value is -4.29. The molecule has 0 unspecified atom stereocenters. The van der Waals surface area contributed by atoms with Crippen molar-refractivity contribution in [1.82, 2.24) is 0 Å². The molecule has 3 aromatic carbocycles. The van der Waals surface area contributed by atoms with Gasteiger partial charge in [-0.2, -0.15) is 13.7 Å². The van der Waals surface area contributed by atoms with E-state index in [1.54, 1.807) is 43.3 Å². The van der Waals surface area contributed by atoms with Gasteiger partial charge in [0.1, 0.15) is 22.3 Å². The van der Waals surface area contributed by atoms with E-state index in [9.17, 15) is 18.5 Å². The van der Waals surface area contributed by atoms with Crippen LogP contribution < -0.4 is 19.0 Å². The van der Waals surface area contributed by atoms with Gasteiger partial charge in [0, 0.05) is 11.8 Å². The van der Waals surface area contributed by atoms with Crippen molar-refractivity contribution >= 4 is 27.8 Å². The molecule has 35 heavy (non-hydrogen) atoms. The Morgan fingerprint density at radius 1 is 1.06 bits per heavy atom. The first kappa shape index (κ1) is 25.3. The summed E-state index contributed by atoms with van der Waals surface area (Å²) in [6.45, 7) is 3.84. The van der Waals surface area contributed by atoms with Crippen molar-refractivity contribution in [3.63, 3.8) is 0 Å². The second kappa shape index (κ2) is 11.2. The second-order valence-electron chi connectivity index (χ2n) is 7.35. The van der Waals surface area contributed by atoms with Crippen LogP contribution in [0.3, 0.4) is 0 Å². The van der Waals surface area contributed by atoms with Gasteiger partial charge in [-0.25, -0.2) is 0 Å². The molecule has 0 aromatic heterocycles. The highest BCUT2D eigenvalue weighted by Gasteiger charge is 2.20. The number of nitrogens with one attached hydrogen (secondary N) is 1. The molecule has 0 aliphatic heterocycles. The minimum atomic E-state index is -4.09. The van der Waals surface area contributed by atoms with Crippen LogP contribution in [-0.4, -0.2) is 28.0 Å². The van der Waals surface area contributed by atoms with Crippen molar-refractivity contribution in [2.24, 2.45) is 0 Å². The highest BCUT2D eigenvalue weighted by atomic mass is 32.2. The molecule has 8 nitrogen and oxygen atoms in total. The van der Waals surface area contributed by atoms with Gasteiger partial charge in [0.2, 0.25) is 0 Å². The molecule has 0 atom stereocenters. The van der Waals surface area contributed by atoms with Gasteiger partial charge >= 0.3 is 10.1 Å². The van der Waals surface area contributed by atoms with Crippen molar-refractivity contribution < 1.29 is 26.9 Å². The predicted octanol–water partition coefficient (Wildman–Crippen LogP) is 4.72. The Labute approximate surface area is 204 Å². The van der Waals surface area contributed by atoms with Crippen LogP contribution >= 0.6 is 0 Å². The van der Waals surface area contributed by atoms with Gasteiger partial charge in [-0.05, 0) is 61.9 Å². The van der Waals surface area contributed by atoms with E-state index >= 15 is 0 Å².